The normalized spacial score (nSPS) is 8.56. The van der Waals surface area contributed by atoms with Gasteiger partial charge in [0, 0.05) is 51.2 Å². The Morgan fingerprint density at radius 2 is 0.395 bits per heavy atom. The maximum absolute atomic E-state index is 12.2. The average molecular weight is 814 g/mol. The van der Waals surface area contributed by atoms with Crippen LogP contribution in [0.3, 0.4) is 0 Å². The summed E-state index contributed by atoms with van der Waals surface area (Å²) in [5.41, 5.74) is 0. The minimum absolute atomic E-state index is 0. The number of rotatable bonds is 2. The molecule has 0 bridgehead atoms. The fourth-order valence-electron chi connectivity index (χ4n) is 0.952. The van der Waals surface area contributed by atoms with E-state index in [1.807, 2.05) is 0 Å². The number of hydrogen-bond acceptors (Lipinski definition) is 0. The van der Waals surface area contributed by atoms with Gasteiger partial charge in [0.2, 0.25) is 10.6 Å². The molecule has 27 heteroatoms. The number of hydrogen-bond donors (Lipinski definition) is 0. The topological polar surface area (TPSA) is 199 Å². The standard InChI is InChI=1S/C6H2F12P2.10CO.3Fe/c7-3(8,9)1(19-5(13,14)15)2(4(10,11)12)20-6(16,17)18;10*1-2;;;/h19-20H;;;;;;;;;;;;;/p+2/b2-1-;;;;;;;;;;;;;. The number of allylic oxidation sites excluding steroid dienone is 2. The summed E-state index contributed by atoms with van der Waals surface area (Å²) in [6.45, 7) is 45.0. The van der Waals surface area contributed by atoms with Gasteiger partial charge in [0.1, 0.15) is 17.2 Å². The zero-order valence-electron chi connectivity index (χ0n) is 18.8. The molecule has 0 rings (SSSR count). The predicted octanol–water partition coefficient (Wildman–Crippen LogP) is 4.80. The third kappa shape index (κ3) is 99.9. The molecule has 0 heterocycles. The Morgan fingerprint density at radius 1 is 0.302 bits per heavy atom. The summed E-state index contributed by atoms with van der Waals surface area (Å²) >= 11 is 0. The van der Waals surface area contributed by atoms with Gasteiger partial charge in [-0.15, -0.1) is 26.3 Å². The monoisotopic (exact) mass is 814 g/mol. The van der Waals surface area contributed by atoms with Gasteiger partial charge in [0.15, 0.2) is 0 Å². The van der Waals surface area contributed by atoms with E-state index >= 15 is 0 Å². The van der Waals surface area contributed by atoms with E-state index in [-0.39, 0.29) is 51.2 Å². The quantitative estimate of drug-likeness (QED) is 0.122. The first-order valence-corrected chi connectivity index (χ1v) is 8.52. The second-order valence-corrected chi connectivity index (χ2v) is 6.24. The second kappa shape index (κ2) is 68.1. The SMILES string of the molecule is FC(F)(F)[PH2+]/C(=C(\[PH2+]C(F)(F)F)C(F)(F)F)C(F)(F)F.[C-]#[O+].[C-]#[O+].[C-]#[O+].[C-]#[O+].[C-]#[O+].[C-]#[O+].[C-]#[O+].[C-]#[O+].[C-]#[O+].[C-]#[O+].[Fe].[Fe].[Fe]. The van der Waals surface area contributed by atoms with Crippen molar-refractivity contribution in [3.63, 3.8) is 0 Å². The first kappa shape index (κ1) is 90.0. The van der Waals surface area contributed by atoms with Crippen LogP contribution < -0.4 is 0 Å². The van der Waals surface area contributed by atoms with E-state index in [1.165, 1.54) is 0 Å². The van der Waals surface area contributed by atoms with Gasteiger partial charge in [-0.3, -0.25) is 0 Å². The van der Waals surface area contributed by atoms with Gasteiger partial charge >= 0.3 is 137 Å². The summed E-state index contributed by atoms with van der Waals surface area (Å²) in [5.74, 6) is -11.3. The van der Waals surface area contributed by atoms with E-state index < -0.39 is 52.0 Å². The van der Waals surface area contributed by atoms with Gasteiger partial charge in [-0.2, -0.15) is 26.3 Å². The predicted molar refractivity (Wildman–Crippen MR) is 90.0 cm³/mol. The number of halogens is 12. The minimum atomic E-state index is -6.13. The van der Waals surface area contributed by atoms with Gasteiger partial charge in [-0.1, -0.05) is 0 Å². The molecule has 2 unspecified atom stereocenters. The molecule has 0 fully saturated rings. The molecule has 43 heavy (non-hydrogen) atoms. The Morgan fingerprint density at radius 3 is 0.442 bits per heavy atom. The molecule has 0 saturated carbocycles. The van der Waals surface area contributed by atoms with Crippen molar-refractivity contribution in [2.75, 3.05) is 0 Å². The van der Waals surface area contributed by atoms with Crippen LogP contribution >= 0.6 is 17.2 Å². The van der Waals surface area contributed by atoms with E-state index in [2.05, 4.69) is 66.5 Å². The maximum atomic E-state index is 12.2. The third-order valence-corrected chi connectivity index (χ3v) is 4.36. The zero-order chi connectivity index (χ0) is 36.6. The van der Waals surface area contributed by atoms with E-state index in [0.717, 1.165) is 0 Å². The first-order valence-electron chi connectivity index (χ1n) is 6.21. The molecule has 2 atom stereocenters. The van der Waals surface area contributed by atoms with Crippen LogP contribution in [0, 0.1) is 66.5 Å². The second-order valence-electron chi connectivity index (χ2n) is 3.19. The van der Waals surface area contributed by atoms with Crippen molar-refractivity contribution in [1.82, 2.24) is 0 Å². The van der Waals surface area contributed by atoms with Crippen molar-refractivity contribution in [3.8, 4) is 0 Å². The molecule has 0 aliphatic rings. The van der Waals surface area contributed by atoms with Crippen LogP contribution in [-0.4, -0.2) is 24.2 Å². The molecule has 0 aliphatic heterocycles. The van der Waals surface area contributed by atoms with Crippen molar-refractivity contribution in [3.05, 3.63) is 77.1 Å². The van der Waals surface area contributed by atoms with Crippen LogP contribution in [0.2, 0.25) is 0 Å². The molecule has 0 radical (unpaired) electrons. The summed E-state index contributed by atoms with van der Waals surface area (Å²) in [7, 11) is -8.00. The van der Waals surface area contributed by atoms with Gasteiger partial charge in [0.25, 0.3) is 0 Å². The van der Waals surface area contributed by atoms with Gasteiger partial charge < -0.3 is 0 Å². The fraction of sp³-hybridized carbons (Fsp3) is 0.250. The van der Waals surface area contributed by atoms with E-state index in [1.54, 1.807) is 0 Å². The van der Waals surface area contributed by atoms with E-state index in [4.69, 9.17) is 46.5 Å². The Hall–Kier alpha value is -1.28. The van der Waals surface area contributed by atoms with Crippen LogP contribution in [0.25, 0.3) is 0 Å². The Balaban J connectivity index is -0.0000000259. The molecule has 0 amide bonds. The Labute approximate surface area is 268 Å². The molecule has 0 aromatic rings. The largest absolute Gasteiger partial charge is 0 e. The molecular formula is C16H4F12Fe3O10P2+2. The van der Waals surface area contributed by atoms with Crippen LogP contribution in [0.1, 0.15) is 0 Å². The van der Waals surface area contributed by atoms with Crippen LogP contribution in [0.4, 0.5) is 52.7 Å². The molecule has 10 nitrogen and oxygen atoms in total. The van der Waals surface area contributed by atoms with Crippen molar-refractivity contribution in [1.29, 1.82) is 0 Å². The fourth-order valence-corrected chi connectivity index (χ4v) is 3.07. The van der Waals surface area contributed by atoms with Crippen molar-refractivity contribution in [2.45, 2.75) is 24.2 Å². The number of alkyl halides is 12. The average Bonchev–Trinajstić information content (AvgIpc) is 2.95. The van der Waals surface area contributed by atoms with Crippen molar-refractivity contribution >= 4 is 17.2 Å². The van der Waals surface area contributed by atoms with Gasteiger partial charge in [-0.25, -0.2) is 0 Å². The Kier molecular flexibility index (Phi) is 143. The smallest absolute Gasteiger partial charge is 0 e. The summed E-state index contributed by atoms with van der Waals surface area (Å²) in [5, 5.41) is -6.35. The van der Waals surface area contributed by atoms with Crippen LogP contribution in [0.5, 0.6) is 0 Å². The van der Waals surface area contributed by atoms with Crippen LogP contribution in [-0.2, 0) is 97.7 Å². The molecule has 0 N–H and O–H groups in total. The van der Waals surface area contributed by atoms with Crippen molar-refractivity contribution in [2.24, 2.45) is 0 Å². The molecular weight excluding hydrogens is 810 g/mol. The first-order chi connectivity index (χ1) is 18.4. The molecule has 0 aliphatic carbocycles. The summed E-state index contributed by atoms with van der Waals surface area (Å²) in [6.07, 6.45) is -12.3. The maximum Gasteiger partial charge on any atom is 0 e. The minimum Gasteiger partial charge on any atom is 0 e. The van der Waals surface area contributed by atoms with E-state index in [0.29, 0.717) is 0 Å². The third-order valence-electron chi connectivity index (χ3n) is 1.52. The van der Waals surface area contributed by atoms with Crippen LogP contribution in [0.15, 0.2) is 10.6 Å². The molecule has 0 saturated heterocycles. The molecule has 0 spiro atoms. The zero-order valence-corrected chi connectivity index (χ0v) is 24.5. The van der Waals surface area contributed by atoms with Crippen molar-refractivity contribution < 1.29 is 150 Å². The molecule has 244 valence electrons. The summed E-state index contributed by atoms with van der Waals surface area (Å²) < 4.78 is 220. The Bertz CT molecular complexity index is 670. The van der Waals surface area contributed by atoms with E-state index in [9.17, 15) is 52.7 Å². The van der Waals surface area contributed by atoms with Gasteiger partial charge in [0.05, 0.1) is 0 Å². The molecule has 0 aromatic heterocycles. The van der Waals surface area contributed by atoms with Gasteiger partial charge in [-0.05, 0) is 0 Å². The molecule has 0 aromatic carbocycles. The summed E-state index contributed by atoms with van der Waals surface area (Å²) in [4.78, 5) is 0. The summed E-state index contributed by atoms with van der Waals surface area (Å²) in [6, 6.07) is 0.